The van der Waals surface area contributed by atoms with Crippen molar-refractivity contribution < 1.29 is 9.63 Å². The van der Waals surface area contributed by atoms with Crippen LogP contribution >= 0.6 is 0 Å². The van der Waals surface area contributed by atoms with Gasteiger partial charge in [-0.3, -0.25) is 9.63 Å². The Morgan fingerprint density at radius 3 is 2.85 bits per heavy atom. The zero-order valence-electron chi connectivity index (χ0n) is 7.45. The summed E-state index contributed by atoms with van der Waals surface area (Å²) in [5.74, 6) is -0.0310. The Balaban J connectivity index is 1.88. The first-order valence-electron chi connectivity index (χ1n) is 4.60. The molecule has 1 aliphatic carbocycles. The van der Waals surface area contributed by atoms with Gasteiger partial charge < -0.3 is 0 Å². The summed E-state index contributed by atoms with van der Waals surface area (Å²) in [7, 11) is 0. The van der Waals surface area contributed by atoms with Gasteiger partial charge in [-0.05, 0) is 19.3 Å². The molecule has 1 heterocycles. The first-order chi connectivity index (χ1) is 6.26. The van der Waals surface area contributed by atoms with Gasteiger partial charge in [0.1, 0.15) is 0 Å². The summed E-state index contributed by atoms with van der Waals surface area (Å²) in [5, 5.41) is 10.2. The van der Waals surface area contributed by atoms with Crippen LogP contribution in [0.1, 0.15) is 25.7 Å². The van der Waals surface area contributed by atoms with Crippen molar-refractivity contribution in [3.63, 3.8) is 0 Å². The van der Waals surface area contributed by atoms with Crippen LogP contribution in [0.25, 0.3) is 0 Å². The summed E-state index contributed by atoms with van der Waals surface area (Å²) in [4.78, 5) is 16.6. The van der Waals surface area contributed by atoms with E-state index in [9.17, 15) is 4.79 Å². The minimum Gasteiger partial charge on any atom is -0.273 e. The van der Waals surface area contributed by atoms with E-state index in [0.717, 1.165) is 19.3 Å². The van der Waals surface area contributed by atoms with Gasteiger partial charge in [-0.2, -0.15) is 5.26 Å². The predicted molar refractivity (Wildman–Crippen MR) is 44.2 cm³/mol. The summed E-state index contributed by atoms with van der Waals surface area (Å²) >= 11 is 0. The fraction of sp³-hybridized carbons (Fsp3) is 0.778. The van der Waals surface area contributed by atoms with E-state index in [1.807, 2.05) is 0 Å². The predicted octanol–water partition coefficient (Wildman–Crippen LogP) is 0.844. The van der Waals surface area contributed by atoms with E-state index in [4.69, 9.17) is 10.1 Å². The molecule has 1 saturated carbocycles. The first kappa shape index (κ1) is 8.52. The van der Waals surface area contributed by atoms with Gasteiger partial charge in [-0.25, -0.2) is 5.06 Å². The lowest BCUT2D eigenvalue weighted by Gasteiger charge is -2.14. The highest BCUT2D eigenvalue weighted by Crippen LogP contribution is 2.48. The molecule has 1 aliphatic heterocycles. The van der Waals surface area contributed by atoms with E-state index >= 15 is 0 Å². The Morgan fingerprint density at radius 1 is 1.62 bits per heavy atom. The van der Waals surface area contributed by atoms with Crippen molar-refractivity contribution >= 4 is 5.91 Å². The van der Waals surface area contributed by atoms with Gasteiger partial charge in [0.15, 0.2) is 0 Å². The third-order valence-electron chi connectivity index (χ3n) is 2.61. The number of carbonyl (C=O) groups is 1. The van der Waals surface area contributed by atoms with Gasteiger partial charge in [0.05, 0.1) is 24.6 Å². The first-order valence-corrected chi connectivity index (χ1v) is 4.60. The van der Waals surface area contributed by atoms with Crippen molar-refractivity contribution in [3.8, 4) is 6.07 Å². The molecule has 0 atom stereocenters. The number of hydroxylamine groups is 2. The monoisotopic (exact) mass is 180 g/mol. The minimum absolute atomic E-state index is 0.0310. The Hall–Kier alpha value is -1.08. The number of hydrogen-bond acceptors (Lipinski definition) is 3. The topological polar surface area (TPSA) is 53.3 Å². The molecular formula is C9H12N2O2. The fourth-order valence-electron chi connectivity index (χ4n) is 1.50. The number of nitriles is 1. The summed E-state index contributed by atoms with van der Waals surface area (Å²) in [5.41, 5.74) is -0.344. The molecule has 0 unspecified atom stereocenters. The molecule has 0 aromatic rings. The van der Waals surface area contributed by atoms with E-state index in [1.165, 1.54) is 5.06 Å². The lowest BCUT2D eigenvalue weighted by Crippen LogP contribution is -2.28. The lowest BCUT2D eigenvalue weighted by molar-refractivity contribution is -0.169. The Morgan fingerprint density at radius 2 is 2.38 bits per heavy atom. The van der Waals surface area contributed by atoms with E-state index < -0.39 is 0 Å². The van der Waals surface area contributed by atoms with Crippen LogP contribution in [0.2, 0.25) is 0 Å². The molecule has 4 nitrogen and oxygen atoms in total. The van der Waals surface area contributed by atoms with Crippen molar-refractivity contribution in [1.29, 1.82) is 5.26 Å². The summed E-state index contributed by atoms with van der Waals surface area (Å²) in [6, 6.07) is 2.20. The zero-order valence-corrected chi connectivity index (χ0v) is 7.45. The van der Waals surface area contributed by atoms with Crippen LogP contribution in [0.4, 0.5) is 0 Å². The number of hydrogen-bond donors (Lipinski definition) is 0. The van der Waals surface area contributed by atoms with Crippen LogP contribution in [0.15, 0.2) is 0 Å². The lowest BCUT2D eigenvalue weighted by atomic mass is 10.0. The van der Waals surface area contributed by atoms with E-state index in [1.54, 1.807) is 0 Å². The van der Waals surface area contributed by atoms with Crippen LogP contribution < -0.4 is 0 Å². The van der Waals surface area contributed by atoms with E-state index in [-0.39, 0.29) is 11.3 Å². The molecule has 4 heteroatoms. The molecule has 0 aromatic carbocycles. The average molecular weight is 180 g/mol. The SMILES string of the molecule is N#CC1(CC(=O)N2CCCO2)CC1. The second-order valence-corrected chi connectivity index (χ2v) is 3.75. The summed E-state index contributed by atoms with van der Waals surface area (Å²) in [6.45, 7) is 1.31. The molecule has 2 aliphatic rings. The highest BCUT2D eigenvalue weighted by Gasteiger charge is 2.46. The van der Waals surface area contributed by atoms with Gasteiger partial charge in [0.25, 0.3) is 0 Å². The van der Waals surface area contributed by atoms with Crippen LogP contribution in [0.3, 0.4) is 0 Å². The minimum atomic E-state index is -0.344. The maximum absolute atomic E-state index is 11.5. The molecule has 0 N–H and O–H groups in total. The number of amides is 1. The van der Waals surface area contributed by atoms with Crippen molar-refractivity contribution in [1.82, 2.24) is 5.06 Å². The maximum Gasteiger partial charge on any atom is 0.247 e. The number of carbonyl (C=O) groups excluding carboxylic acids is 1. The van der Waals surface area contributed by atoms with Crippen molar-refractivity contribution in [2.45, 2.75) is 25.7 Å². The molecule has 70 valence electrons. The molecule has 0 aromatic heterocycles. The summed E-state index contributed by atoms with van der Waals surface area (Å²) in [6.07, 6.45) is 2.97. The van der Waals surface area contributed by atoms with Gasteiger partial charge in [0, 0.05) is 6.42 Å². The Kier molecular flexibility index (Phi) is 1.97. The molecule has 2 fully saturated rings. The fourth-order valence-corrected chi connectivity index (χ4v) is 1.50. The molecule has 2 rings (SSSR count). The second kappa shape index (κ2) is 3.00. The Labute approximate surface area is 77.0 Å². The molecule has 0 bridgehead atoms. The highest BCUT2D eigenvalue weighted by atomic mass is 16.7. The van der Waals surface area contributed by atoms with Crippen LogP contribution in [0.5, 0.6) is 0 Å². The standard InChI is InChI=1S/C9H12N2O2/c10-7-9(2-3-9)6-8(12)11-4-1-5-13-11/h1-6H2. The largest absolute Gasteiger partial charge is 0.273 e. The quantitative estimate of drug-likeness (QED) is 0.632. The van der Waals surface area contributed by atoms with Crippen molar-refractivity contribution in [2.24, 2.45) is 5.41 Å². The molecule has 13 heavy (non-hydrogen) atoms. The van der Waals surface area contributed by atoms with Crippen molar-refractivity contribution in [3.05, 3.63) is 0 Å². The van der Waals surface area contributed by atoms with Gasteiger partial charge in [-0.15, -0.1) is 0 Å². The number of nitrogens with zero attached hydrogens (tertiary/aromatic N) is 2. The average Bonchev–Trinajstić information content (AvgIpc) is 2.69. The number of rotatable bonds is 2. The maximum atomic E-state index is 11.5. The van der Waals surface area contributed by atoms with Crippen LogP contribution in [-0.2, 0) is 9.63 Å². The van der Waals surface area contributed by atoms with Gasteiger partial charge in [-0.1, -0.05) is 0 Å². The Bertz CT molecular complexity index is 259. The van der Waals surface area contributed by atoms with Gasteiger partial charge >= 0.3 is 0 Å². The zero-order chi connectivity index (χ0) is 9.31. The van der Waals surface area contributed by atoms with E-state index in [0.29, 0.717) is 19.6 Å². The molecule has 0 spiro atoms. The third kappa shape index (κ3) is 1.65. The molecular weight excluding hydrogens is 168 g/mol. The second-order valence-electron chi connectivity index (χ2n) is 3.75. The molecule has 1 saturated heterocycles. The highest BCUT2D eigenvalue weighted by molar-refractivity contribution is 5.77. The van der Waals surface area contributed by atoms with Gasteiger partial charge in [0.2, 0.25) is 5.91 Å². The smallest absolute Gasteiger partial charge is 0.247 e. The van der Waals surface area contributed by atoms with Crippen LogP contribution in [-0.4, -0.2) is 24.1 Å². The van der Waals surface area contributed by atoms with E-state index in [2.05, 4.69) is 6.07 Å². The summed E-state index contributed by atoms with van der Waals surface area (Å²) < 4.78 is 0. The molecule has 0 radical (unpaired) electrons. The normalized spacial score (nSPS) is 24.1. The van der Waals surface area contributed by atoms with Crippen LogP contribution in [0, 0.1) is 16.7 Å². The van der Waals surface area contributed by atoms with Crippen molar-refractivity contribution in [2.75, 3.05) is 13.2 Å². The third-order valence-corrected chi connectivity index (χ3v) is 2.61. The molecule has 1 amide bonds.